The number of furan rings is 1. The van der Waals surface area contributed by atoms with Gasteiger partial charge in [-0.05, 0) is 104 Å². The van der Waals surface area contributed by atoms with Gasteiger partial charge in [-0.1, -0.05) is 84.9 Å². The summed E-state index contributed by atoms with van der Waals surface area (Å²) in [5.74, 6) is 1.85. The van der Waals surface area contributed by atoms with Crippen molar-refractivity contribution in [3.63, 3.8) is 0 Å². The molecule has 0 amide bonds. The Labute approximate surface area is 370 Å². The lowest BCUT2D eigenvalue weighted by molar-refractivity contribution is 0.582. The number of para-hydroxylation sites is 3. The molecule has 0 aliphatic rings. The maximum Gasteiger partial charge on any atom is 0.231 e. The fraction of sp³-hybridized carbons (Fsp3) is 0.0179. The average molecular weight is 841 g/mol. The summed E-state index contributed by atoms with van der Waals surface area (Å²) in [6.45, 7) is 4.03. The third kappa shape index (κ3) is 5.30. The van der Waals surface area contributed by atoms with Gasteiger partial charge >= 0.3 is 0 Å². The molecule has 5 aromatic heterocycles. The van der Waals surface area contributed by atoms with Crippen LogP contribution in [0.2, 0.25) is 0 Å². The van der Waals surface area contributed by atoms with Gasteiger partial charge in [-0.15, -0.1) is 11.3 Å². The van der Waals surface area contributed by atoms with Crippen LogP contribution in [0.1, 0.15) is 5.56 Å². The highest BCUT2D eigenvalue weighted by Crippen LogP contribution is 2.43. The van der Waals surface area contributed by atoms with E-state index < -0.39 is 0 Å². The molecule has 0 aliphatic heterocycles. The summed E-state index contributed by atoms with van der Waals surface area (Å²) >= 11 is 1.79. The number of fused-ring (bicyclic) bond motifs is 13. The van der Waals surface area contributed by atoms with Gasteiger partial charge in [0.05, 0.1) is 39.4 Å². The highest BCUT2D eigenvalue weighted by molar-refractivity contribution is 7.25. The van der Waals surface area contributed by atoms with E-state index >= 15 is 0 Å². The molecule has 0 spiro atoms. The zero-order chi connectivity index (χ0) is 42.5. The molecule has 0 saturated heterocycles. The molecule has 8 aromatic carbocycles. The van der Waals surface area contributed by atoms with E-state index in [4.69, 9.17) is 14.4 Å². The lowest BCUT2D eigenvalue weighted by atomic mass is 10.1. The minimum atomic E-state index is 0.505. The van der Waals surface area contributed by atoms with Crippen molar-refractivity contribution < 1.29 is 4.42 Å². The zero-order valence-corrected chi connectivity index (χ0v) is 35.4. The first-order valence-corrected chi connectivity index (χ1v) is 22.1. The van der Waals surface area contributed by atoms with Crippen LogP contribution in [0, 0.1) is 0 Å². The van der Waals surface area contributed by atoms with E-state index in [0.29, 0.717) is 11.8 Å². The van der Waals surface area contributed by atoms with Gasteiger partial charge in [-0.2, -0.15) is 4.99 Å². The Hall–Kier alpha value is -8.33. The summed E-state index contributed by atoms with van der Waals surface area (Å²) < 4.78 is 15.4. The Morgan fingerprint density at radius 2 is 1.17 bits per heavy atom. The summed E-state index contributed by atoms with van der Waals surface area (Å²) in [6.07, 6.45) is 1.73. The molecule has 13 aromatic rings. The van der Waals surface area contributed by atoms with Crippen molar-refractivity contribution >= 4 is 115 Å². The van der Waals surface area contributed by atoms with Gasteiger partial charge in [0.2, 0.25) is 5.96 Å². The van der Waals surface area contributed by atoms with Gasteiger partial charge in [-0.3, -0.25) is 9.56 Å². The van der Waals surface area contributed by atoms with Crippen molar-refractivity contribution in [2.75, 3.05) is 7.05 Å². The standard InChI is InChI=1S/C56H36N6OS/c1-57-55(35-23-29-52-45(32-35)40-17-8-11-21-51(40)64-52)59-56(58-2)62-47-19-10-7-16-39(47)42-26-25-41-38-15-6-9-18-46(38)61(53(41)54(42)62)37-24-28-49-44(33-37)43-31-34(50-20-12-30-63-50)22-27-48(43)60(49)36-13-4-3-5-14-36/h3-33H,1H2,2H3. The SMILES string of the molecule is C=NC(=NC(=NC)n1c2ccccc2c2ccc3c4ccccc4n(-c4ccc5c(c4)c4cc(-c6ccco6)ccc4n5-c4ccccc4)c3c21)c1ccc2sc3ccccc3c2c1. The molecule has 0 saturated carbocycles. The fourth-order valence-corrected chi connectivity index (χ4v) is 11.0. The first-order chi connectivity index (χ1) is 31.7. The topological polar surface area (TPSA) is 65.0 Å². The van der Waals surface area contributed by atoms with Crippen molar-refractivity contribution in [1.29, 1.82) is 0 Å². The molecule has 7 nitrogen and oxygen atoms in total. The van der Waals surface area contributed by atoms with Crippen LogP contribution in [0.5, 0.6) is 0 Å². The van der Waals surface area contributed by atoms with Gasteiger partial charge in [-0.25, -0.2) is 4.99 Å². The smallest absolute Gasteiger partial charge is 0.231 e. The summed E-state index contributed by atoms with van der Waals surface area (Å²) in [5, 5.41) is 9.18. The van der Waals surface area contributed by atoms with Crippen LogP contribution in [-0.4, -0.2) is 39.3 Å². The molecule has 13 rings (SSSR count). The van der Waals surface area contributed by atoms with Gasteiger partial charge < -0.3 is 13.6 Å². The molecule has 0 bridgehead atoms. The predicted molar refractivity (Wildman–Crippen MR) is 270 cm³/mol. The van der Waals surface area contributed by atoms with Crippen LogP contribution in [0.4, 0.5) is 0 Å². The fourth-order valence-electron chi connectivity index (χ4n) is 9.93. The van der Waals surface area contributed by atoms with Crippen molar-refractivity contribution in [3.05, 3.63) is 194 Å². The highest BCUT2D eigenvalue weighted by atomic mass is 32.1. The summed E-state index contributed by atoms with van der Waals surface area (Å²) in [6, 6.07) is 64.7. The van der Waals surface area contributed by atoms with Crippen molar-refractivity contribution in [2.45, 2.75) is 0 Å². The van der Waals surface area contributed by atoms with E-state index in [9.17, 15) is 0 Å². The number of aliphatic imine (C=N–C) groups is 3. The van der Waals surface area contributed by atoms with E-state index in [0.717, 1.165) is 93.7 Å². The largest absolute Gasteiger partial charge is 0.464 e. The molecule has 64 heavy (non-hydrogen) atoms. The predicted octanol–water partition coefficient (Wildman–Crippen LogP) is 14.6. The molecule has 0 aliphatic carbocycles. The van der Waals surface area contributed by atoms with E-state index in [1.54, 1.807) is 24.6 Å². The second-order valence-electron chi connectivity index (χ2n) is 16.1. The Morgan fingerprint density at radius 3 is 1.95 bits per heavy atom. The number of benzene rings is 8. The zero-order valence-electron chi connectivity index (χ0n) is 34.6. The minimum Gasteiger partial charge on any atom is -0.464 e. The Kier molecular flexibility index (Phi) is 8.01. The first kappa shape index (κ1) is 36.3. The molecule has 0 N–H and O–H groups in total. The molecule has 8 heteroatoms. The molecule has 0 atom stereocenters. The number of amidine groups is 1. The normalized spacial score (nSPS) is 12.7. The van der Waals surface area contributed by atoms with Gasteiger partial charge in [0.15, 0.2) is 5.84 Å². The van der Waals surface area contributed by atoms with E-state index in [-0.39, 0.29) is 0 Å². The number of hydrogen-bond donors (Lipinski definition) is 0. The summed E-state index contributed by atoms with van der Waals surface area (Å²) in [4.78, 5) is 14.8. The van der Waals surface area contributed by atoms with E-state index in [1.165, 1.54) is 20.2 Å². The van der Waals surface area contributed by atoms with Crippen LogP contribution in [-0.2, 0) is 0 Å². The van der Waals surface area contributed by atoms with Crippen molar-refractivity contribution in [3.8, 4) is 22.7 Å². The van der Waals surface area contributed by atoms with Gasteiger partial charge in [0.1, 0.15) is 5.76 Å². The van der Waals surface area contributed by atoms with Crippen LogP contribution >= 0.6 is 11.3 Å². The quantitative estimate of drug-likeness (QED) is 0.129. The van der Waals surface area contributed by atoms with Crippen molar-refractivity contribution in [1.82, 2.24) is 13.7 Å². The lowest BCUT2D eigenvalue weighted by Gasteiger charge is -2.13. The number of rotatable bonds is 4. The van der Waals surface area contributed by atoms with Crippen molar-refractivity contribution in [2.24, 2.45) is 15.0 Å². The van der Waals surface area contributed by atoms with E-state index in [2.05, 4.69) is 195 Å². The molecule has 0 unspecified atom stereocenters. The number of aromatic nitrogens is 3. The molecule has 0 radical (unpaired) electrons. The van der Waals surface area contributed by atoms with E-state index in [1.807, 2.05) is 12.1 Å². The second-order valence-corrected chi connectivity index (χ2v) is 17.2. The third-order valence-corrected chi connectivity index (χ3v) is 13.8. The van der Waals surface area contributed by atoms with Crippen LogP contribution in [0.15, 0.2) is 208 Å². The Bertz CT molecular complexity index is 4100. The van der Waals surface area contributed by atoms with Gasteiger partial charge in [0, 0.05) is 82.0 Å². The maximum absolute atomic E-state index is 5.90. The lowest BCUT2D eigenvalue weighted by Crippen LogP contribution is -2.13. The summed E-state index contributed by atoms with van der Waals surface area (Å²) in [5.41, 5.74) is 10.5. The molecular formula is C56H36N6OS. The monoisotopic (exact) mass is 840 g/mol. The van der Waals surface area contributed by atoms with Gasteiger partial charge in [0.25, 0.3) is 0 Å². The van der Waals surface area contributed by atoms with Crippen LogP contribution < -0.4 is 0 Å². The van der Waals surface area contributed by atoms with Crippen LogP contribution in [0.25, 0.3) is 108 Å². The second kappa shape index (κ2) is 14.1. The average Bonchev–Trinajstić information content (AvgIpc) is 4.19. The summed E-state index contributed by atoms with van der Waals surface area (Å²) in [7, 11) is 1.80. The maximum atomic E-state index is 5.90. The Balaban J connectivity index is 1.09. The van der Waals surface area contributed by atoms with Crippen LogP contribution in [0.3, 0.4) is 0 Å². The number of hydrogen-bond acceptors (Lipinski definition) is 3. The molecule has 5 heterocycles. The Morgan fingerprint density at radius 1 is 0.500 bits per heavy atom. The molecule has 0 fully saturated rings. The molecule has 302 valence electrons. The minimum absolute atomic E-state index is 0.505. The third-order valence-electron chi connectivity index (χ3n) is 12.7. The first-order valence-electron chi connectivity index (χ1n) is 21.2. The number of nitrogens with zero attached hydrogens (tertiary/aromatic N) is 6. The highest BCUT2D eigenvalue weighted by Gasteiger charge is 2.24. The molecular weight excluding hydrogens is 805 g/mol. The number of thiophene rings is 1.